The van der Waals surface area contributed by atoms with Crippen LogP contribution in [-0.4, -0.2) is 14.7 Å². The fraction of sp³-hybridized carbons (Fsp3) is 0. The van der Waals surface area contributed by atoms with Gasteiger partial charge in [0.1, 0.15) is 11.6 Å². The van der Waals surface area contributed by atoms with Crippen LogP contribution in [0.25, 0.3) is 60.8 Å². The second-order valence-electron chi connectivity index (χ2n) is 8.99. The molecule has 1 heterocycles. The maximum atomic E-state index is 11.1. The lowest BCUT2D eigenvalue weighted by molar-refractivity contribution is 0.477. The Bertz CT molecular complexity index is 1890. The zero-order valence-electron chi connectivity index (χ0n) is 19.5. The van der Waals surface area contributed by atoms with Crippen LogP contribution in [0, 0.1) is 0 Å². The van der Waals surface area contributed by atoms with E-state index in [-0.39, 0.29) is 5.75 Å². The molecule has 170 valence electrons. The summed E-state index contributed by atoms with van der Waals surface area (Å²) in [5.74, 6) is 0.920. The fourth-order valence-corrected chi connectivity index (χ4v) is 5.24. The number of aromatic nitrogens is 2. The van der Waals surface area contributed by atoms with E-state index in [0.29, 0.717) is 11.4 Å². The first-order valence-corrected chi connectivity index (χ1v) is 12.1. The highest BCUT2D eigenvalue weighted by Crippen LogP contribution is 2.41. The van der Waals surface area contributed by atoms with E-state index >= 15 is 0 Å². The maximum Gasteiger partial charge on any atom is 0.149 e. The van der Waals surface area contributed by atoms with Crippen molar-refractivity contribution in [2.45, 2.75) is 0 Å². The van der Waals surface area contributed by atoms with Gasteiger partial charge in [-0.1, -0.05) is 103 Å². The van der Waals surface area contributed by atoms with E-state index in [4.69, 9.17) is 4.98 Å². The number of hydrogen-bond donors (Lipinski definition) is 1. The van der Waals surface area contributed by atoms with E-state index < -0.39 is 0 Å². The van der Waals surface area contributed by atoms with Crippen LogP contribution in [0.15, 0.2) is 127 Å². The van der Waals surface area contributed by atoms with Crippen molar-refractivity contribution >= 4 is 32.6 Å². The topological polar surface area (TPSA) is 38.1 Å². The predicted octanol–water partition coefficient (Wildman–Crippen LogP) is 8.37. The van der Waals surface area contributed by atoms with Gasteiger partial charge < -0.3 is 5.11 Å². The summed E-state index contributed by atoms with van der Waals surface area (Å²) in [4.78, 5) is 5.24. The summed E-state index contributed by atoms with van der Waals surface area (Å²) in [6, 6.07) is 43.2. The van der Waals surface area contributed by atoms with Crippen LogP contribution in [-0.2, 0) is 0 Å². The molecule has 0 saturated heterocycles. The lowest BCUT2D eigenvalue weighted by atomic mass is 10.00. The molecule has 36 heavy (non-hydrogen) atoms. The van der Waals surface area contributed by atoms with Crippen molar-refractivity contribution in [3.05, 3.63) is 127 Å². The molecule has 0 aliphatic heterocycles. The van der Waals surface area contributed by atoms with Crippen LogP contribution in [0.1, 0.15) is 0 Å². The van der Waals surface area contributed by atoms with Gasteiger partial charge in [0.2, 0.25) is 0 Å². The SMILES string of the molecule is Oc1ccc(-c2ccccc2)cc1-c1nc2c3ccccc3c3ccccc3c2n1-c1ccccc1. The zero-order chi connectivity index (χ0) is 24.1. The summed E-state index contributed by atoms with van der Waals surface area (Å²) in [6.07, 6.45) is 0. The highest BCUT2D eigenvalue weighted by molar-refractivity contribution is 6.24. The molecule has 0 aliphatic carbocycles. The van der Waals surface area contributed by atoms with E-state index in [1.807, 2.05) is 48.5 Å². The monoisotopic (exact) mass is 462 g/mol. The molecule has 6 aromatic carbocycles. The number of phenolic OH excluding ortho intramolecular Hbond substituents is 1. The van der Waals surface area contributed by atoms with Gasteiger partial charge in [-0.2, -0.15) is 0 Å². The molecule has 0 spiro atoms. The lowest BCUT2D eigenvalue weighted by Gasteiger charge is -2.13. The van der Waals surface area contributed by atoms with Crippen LogP contribution in [0.4, 0.5) is 0 Å². The van der Waals surface area contributed by atoms with Crippen molar-refractivity contribution in [3.63, 3.8) is 0 Å². The summed E-state index contributed by atoms with van der Waals surface area (Å²) in [6.45, 7) is 0. The van der Waals surface area contributed by atoms with Crippen LogP contribution < -0.4 is 0 Å². The molecule has 7 aromatic rings. The van der Waals surface area contributed by atoms with Crippen molar-refractivity contribution in [2.75, 3.05) is 0 Å². The fourth-order valence-electron chi connectivity index (χ4n) is 5.24. The van der Waals surface area contributed by atoms with Crippen molar-refractivity contribution in [1.29, 1.82) is 0 Å². The van der Waals surface area contributed by atoms with Gasteiger partial charge in [0, 0.05) is 16.5 Å². The first kappa shape index (κ1) is 20.5. The summed E-state index contributed by atoms with van der Waals surface area (Å²) >= 11 is 0. The van der Waals surface area contributed by atoms with Gasteiger partial charge in [-0.05, 0) is 46.2 Å². The second-order valence-corrected chi connectivity index (χ2v) is 8.99. The summed E-state index contributed by atoms with van der Waals surface area (Å²) < 4.78 is 2.19. The van der Waals surface area contributed by atoms with Gasteiger partial charge in [0.15, 0.2) is 0 Å². The van der Waals surface area contributed by atoms with E-state index in [1.165, 1.54) is 10.8 Å². The van der Waals surface area contributed by atoms with E-state index in [1.54, 1.807) is 6.07 Å². The Labute approximate surface area is 208 Å². The molecule has 1 N–H and O–H groups in total. The molecular weight excluding hydrogens is 440 g/mol. The third-order valence-corrected chi connectivity index (χ3v) is 6.89. The molecule has 0 bridgehead atoms. The zero-order valence-corrected chi connectivity index (χ0v) is 19.5. The van der Waals surface area contributed by atoms with E-state index in [0.717, 1.165) is 38.6 Å². The molecule has 3 nitrogen and oxygen atoms in total. The number of nitrogens with zero attached hydrogens (tertiary/aromatic N) is 2. The Morgan fingerprint density at radius 1 is 0.528 bits per heavy atom. The molecule has 0 aliphatic rings. The minimum absolute atomic E-state index is 0.204. The van der Waals surface area contributed by atoms with E-state index in [9.17, 15) is 5.11 Å². The standard InChI is InChI=1S/C33H22N2O/c36-30-20-19-23(22-11-3-1-4-12-22)21-29(30)33-34-31-27-17-9-7-15-25(27)26-16-8-10-18-28(26)32(31)35(33)24-13-5-2-6-14-24/h1-21,36H. The van der Waals surface area contributed by atoms with Gasteiger partial charge in [-0.3, -0.25) is 4.57 Å². The number of aromatic hydroxyl groups is 1. The van der Waals surface area contributed by atoms with Crippen molar-refractivity contribution < 1.29 is 5.11 Å². The number of para-hydroxylation sites is 1. The lowest BCUT2D eigenvalue weighted by Crippen LogP contribution is -1.98. The molecule has 3 heteroatoms. The Morgan fingerprint density at radius 3 is 1.83 bits per heavy atom. The molecule has 0 radical (unpaired) electrons. The molecule has 0 unspecified atom stereocenters. The highest BCUT2D eigenvalue weighted by Gasteiger charge is 2.21. The van der Waals surface area contributed by atoms with Gasteiger partial charge >= 0.3 is 0 Å². The summed E-state index contributed by atoms with van der Waals surface area (Å²) in [7, 11) is 0. The minimum atomic E-state index is 0.204. The van der Waals surface area contributed by atoms with Crippen LogP contribution in [0.5, 0.6) is 5.75 Å². The first-order chi connectivity index (χ1) is 17.8. The number of rotatable bonds is 3. The van der Waals surface area contributed by atoms with Gasteiger partial charge in [-0.15, -0.1) is 0 Å². The Balaban J connectivity index is 1.65. The average Bonchev–Trinajstić information content (AvgIpc) is 3.35. The van der Waals surface area contributed by atoms with Gasteiger partial charge in [-0.25, -0.2) is 4.98 Å². The molecule has 0 atom stereocenters. The quantitative estimate of drug-likeness (QED) is 0.268. The average molecular weight is 463 g/mol. The van der Waals surface area contributed by atoms with Gasteiger partial charge in [0.05, 0.1) is 16.6 Å². The smallest absolute Gasteiger partial charge is 0.149 e. The number of imidazole rings is 1. The Morgan fingerprint density at radius 2 is 1.11 bits per heavy atom. The highest BCUT2D eigenvalue weighted by atomic mass is 16.3. The van der Waals surface area contributed by atoms with E-state index in [2.05, 4.69) is 77.4 Å². The summed E-state index contributed by atoms with van der Waals surface area (Å²) in [5, 5.41) is 15.7. The summed E-state index contributed by atoms with van der Waals surface area (Å²) in [5.41, 5.74) is 5.79. The third kappa shape index (κ3) is 3.10. The second kappa shape index (κ2) is 8.10. The molecule has 7 rings (SSSR count). The molecule has 0 amide bonds. The number of phenols is 1. The van der Waals surface area contributed by atoms with Crippen LogP contribution >= 0.6 is 0 Å². The normalized spacial score (nSPS) is 11.4. The van der Waals surface area contributed by atoms with Crippen molar-refractivity contribution in [3.8, 4) is 34.0 Å². The predicted molar refractivity (Wildman–Crippen MR) is 149 cm³/mol. The first-order valence-electron chi connectivity index (χ1n) is 12.1. The Kier molecular flexibility index (Phi) is 4.61. The number of fused-ring (bicyclic) bond motifs is 6. The number of hydrogen-bond acceptors (Lipinski definition) is 2. The minimum Gasteiger partial charge on any atom is -0.507 e. The van der Waals surface area contributed by atoms with Crippen LogP contribution in [0.2, 0.25) is 0 Å². The van der Waals surface area contributed by atoms with Crippen LogP contribution in [0.3, 0.4) is 0 Å². The largest absolute Gasteiger partial charge is 0.507 e. The third-order valence-electron chi connectivity index (χ3n) is 6.89. The molecule has 1 aromatic heterocycles. The van der Waals surface area contributed by atoms with Crippen molar-refractivity contribution in [1.82, 2.24) is 9.55 Å². The molecular formula is C33H22N2O. The van der Waals surface area contributed by atoms with Crippen molar-refractivity contribution in [2.24, 2.45) is 0 Å². The molecule has 0 saturated carbocycles. The molecule has 0 fully saturated rings. The Hall–Kier alpha value is -4.89. The van der Waals surface area contributed by atoms with Gasteiger partial charge in [0.25, 0.3) is 0 Å². The number of benzene rings is 6. The maximum absolute atomic E-state index is 11.1.